The molecule has 1 heterocycles. The number of halogens is 2. The molecule has 0 saturated carbocycles. The summed E-state index contributed by atoms with van der Waals surface area (Å²) in [5.41, 5.74) is 1.90. The molecule has 3 nitrogen and oxygen atoms in total. The van der Waals surface area contributed by atoms with E-state index in [0.29, 0.717) is 12.6 Å². The van der Waals surface area contributed by atoms with Gasteiger partial charge >= 0.3 is 0 Å². The molecule has 1 aromatic heterocycles. The van der Waals surface area contributed by atoms with Gasteiger partial charge < -0.3 is 5.32 Å². The molecule has 0 fully saturated rings. The predicted octanol–water partition coefficient (Wildman–Crippen LogP) is 3.82. The molecule has 0 bridgehead atoms. The van der Waals surface area contributed by atoms with Crippen LogP contribution in [-0.2, 0) is 6.54 Å². The van der Waals surface area contributed by atoms with E-state index < -0.39 is 0 Å². The second-order valence-corrected chi connectivity index (χ2v) is 5.52. The zero-order chi connectivity index (χ0) is 13.1. The Balaban J connectivity index is 2.02. The fourth-order valence-corrected chi connectivity index (χ4v) is 2.25. The van der Waals surface area contributed by atoms with Crippen LogP contribution in [0.2, 0.25) is 0 Å². The van der Waals surface area contributed by atoms with Crippen LogP contribution in [0.4, 0.5) is 10.1 Å². The monoisotopic (exact) mass is 359 g/mol. The predicted molar refractivity (Wildman–Crippen MR) is 79.1 cm³/mol. The lowest BCUT2D eigenvalue weighted by Gasteiger charge is -2.07. The van der Waals surface area contributed by atoms with E-state index in [0.717, 1.165) is 15.0 Å². The quantitative estimate of drug-likeness (QED) is 0.842. The van der Waals surface area contributed by atoms with Gasteiger partial charge in [-0.05, 0) is 60.7 Å². The largest absolute Gasteiger partial charge is 0.378 e. The van der Waals surface area contributed by atoms with E-state index in [4.69, 9.17) is 0 Å². The highest BCUT2D eigenvalue weighted by molar-refractivity contribution is 14.1. The maximum absolute atomic E-state index is 13.0. The molecular weight excluding hydrogens is 344 g/mol. The van der Waals surface area contributed by atoms with Crippen LogP contribution in [0.1, 0.15) is 25.6 Å². The van der Waals surface area contributed by atoms with Crippen molar-refractivity contribution in [1.29, 1.82) is 0 Å². The fraction of sp³-hybridized carbons (Fsp3) is 0.308. The average molecular weight is 359 g/mol. The molecule has 0 atom stereocenters. The Morgan fingerprint density at radius 2 is 2.17 bits per heavy atom. The highest BCUT2D eigenvalue weighted by Gasteiger charge is 2.04. The second-order valence-electron chi connectivity index (χ2n) is 4.36. The number of hydrogen-bond acceptors (Lipinski definition) is 2. The summed E-state index contributed by atoms with van der Waals surface area (Å²) in [7, 11) is 0. The summed E-state index contributed by atoms with van der Waals surface area (Å²) < 4.78 is 15.7. The first kappa shape index (κ1) is 13.3. The van der Waals surface area contributed by atoms with E-state index in [-0.39, 0.29) is 5.82 Å². The highest BCUT2D eigenvalue weighted by Crippen LogP contribution is 2.19. The lowest BCUT2D eigenvalue weighted by atomic mass is 10.3. The molecule has 0 spiro atoms. The number of aromatic nitrogens is 2. The zero-order valence-corrected chi connectivity index (χ0v) is 12.5. The smallest absolute Gasteiger partial charge is 0.124 e. The molecule has 96 valence electrons. The summed E-state index contributed by atoms with van der Waals surface area (Å²) >= 11 is 2.12. The number of nitrogens with one attached hydrogen (secondary N) is 1. The summed E-state index contributed by atoms with van der Waals surface area (Å²) in [5.74, 6) is -0.214. The Bertz CT molecular complexity index is 537. The minimum absolute atomic E-state index is 0.214. The van der Waals surface area contributed by atoms with E-state index in [9.17, 15) is 4.39 Å². The van der Waals surface area contributed by atoms with Crippen LogP contribution < -0.4 is 5.32 Å². The second kappa shape index (κ2) is 5.69. The molecule has 0 unspecified atom stereocenters. The van der Waals surface area contributed by atoms with Crippen molar-refractivity contribution in [2.75, 3.05) is 5.32 Å². The SMILES string of the molecule is CC(C)n1ccc(CNc2ccc(F)cc2I)n1. The van der Waals surface area contributed by atoms with Gasteiger partial charge in [0.25, 0.3) is 0 Å². The maximum atomic E-state index is 13.0. The first-order valence-corrected chi connectivity index (χ1v) is 6.87. The van der Waals surface area contributed by atoms with Gasteiger partial charge in [-0.2, -0.15) is 5.10 Å². The van der Waals surface area contributed by atoms with E-state index in [1.54, 1.807) is 6.07 Å². The van der Waals surface area contributed by atoms with Crippen molar-refractivity contribution < 1.29 is 4.39 Å². The Labute approximate surface area is 120 Å². The molecule has 0 saturated heterocycles. The molecule has 5 heteroatoms. The van der Waals surface area contributed by atoms with Crippen molar-refractivity contribution in [2.24, 2.45) is 0 Å². The summed E-state index contributed by atoms with van der Waals surface area (Å²) in [6.45, 7) is 4.82. The van der Waals surface area contributed by atoms with Gasteiger partial charge in [-0.25, -0.2) is 4.39 Å². The molecule has 18 heavy (non-hydrogen) atoms. The van der Waals surface area contributed by atoms with Crippen LogP contribution in [0, 0.1) is 9.39 Å². The van der Waals surface area contributed by atoms with Gasteiger partial charge in [0.15, 0.2) is 0 Å². The number of rotatable bonds is 4. The van der Waals surface area contributed by atoms with E-state index in [1.165, 1.54) is 12.1 Å². The van der Waals surface area contributed by atoms with Gasteiger partial charge in [0.1, 0.15) is 5.82 Å². The van der Waals surface area contributed by atoms with Gasteiger partial charge in [-0.15, -0.1) is 0 Å². The Morgan fingerprint density at radius 3 is 2.78 bits per heavy atom. The number of hydrogen-bond donors (Lipinski definition) is 1. The van der Waals surface area contributed by atoms with E-state index in [2.05, 4.69) is 46.9 Å². The third kappa shape index (κ3) is 3.22. The fourth-order valence-electron chi connectivity index (χ4n) is 1.58. The van der Waals surface area contributed by atoms with Gasteiger partial charge in [0, 0.05) is 21.5 Å². The Morgan fingerprint density at radius 1 is 1.39 bits per heavy atom. The molecule has 1 aromatic carbocycles. The van der Waals surface area contributed by atoms with Crippen LogP contribution >= 0.6 is 22.6 Å². The van der Waals surface area contributed by atoms with Crippen molar-refractivity contribution in [3.63, 3.8) is 0 Å². The van der Waals surface area contributed by atoms with Crippen molar-refractivity contribution in [2.45, 2.75) is 26.4 Å². The van der Waals surface area contributed by atoms with Crippen LogP contribution in [0.25, 0.3) is 0 Å². The standard InChI is InChI=1S/C13H15FIN3/c1-9(2)18-6-5-11(17-18)8-16-13-4-3-10(14)7-12(13)15/h3-7,9,16H,8H2,1-2H3. The first-order valence-electron chi connectivity index (χ1n) is 5.79. The van der Waals surface area contributed by atoms with E-state index in [1.807, 2.05) is 16.9 Å². The normalized spacial score (nSPS) is 10.9. The molecular formula is C13H15FIN3. The van der Waals surface area contributed by atoms with Crippen LogP contribution in [-0.4, -0.2) is 9.78 Å². The van der Waals surface area contributed by atoms with E-state index >= 15 is 0 Å². The molecule has 2 aromatic rings. The van der Waals surface area contributed by atoms with Crippen LogP contribution in [0.15, 0.2) is 30.5 Å². The number of nitrogens with zero attached hydrogens (tertiary/aromatic N) is 2. The molecule has 0 aliphatic rings. The molecule has 0 radical (unpaired) electrons. The Kier molecular flexibility index (Phi) is 4.21. The van der Waals surface area contributed by atoms with Gasteiger partial charge in [-0.1, -0.05) is 0 Å². The van der Waals surface area contributed by atoms with Crippen molar-refractivity contribution >= 4 is 28.3 Å². The minimum atomic E-state index is -0.214. The average Bonchev–Trinajstić information content (AvgIpc) is 2.76. The molecule has 0 aliphatic carbocycles. The lowest BCUT2D eigenvalue weighted by molar-refractivity contribution is 0.527. The van der Waals surface area contributed by atoms with Gasteiger partial charge in [0.2, 0.25) is 0 Å². The summed E-state index contributed by atoms with van der Waals surface area (Å²) in [6, 6.07) is 7.07. The highest BCUT2D eigenvalue weighted by atomic mass is 127. The third-order valence-electron chi connectivity index (χ3n) is 2.58. The Hall–Kier alpha value is -1.11. The van der Waals surface area contributed by atoms with Gasteiger partial charge in [-0.3, -0.25) is 4.68 Å². The molecule has 0 aliphatic heterocycles. The molecule has 1 N–H and O–H groups in total. The topological polar surface area (TPSA) is 29.9 Å². The first-order chi connectivity index (χ1) is 8.56. The van der Waals surface area contributed by atoms with Crippen molar-refractivity contribution in [3.05, 3.63) is 45.5 Å². The zero-order valence-electron chi connectivity index (χ0n) is 10.3. The minimum Gasteiger partial charge on any atom is -0.378 e. The summed E-state index contributed by atoms with van der Waals surface area (Å²) in [4.78, 5) is 0. The van der Waals surface area contributed by atoms with Crippen molar-refractivity contribution in [1.82, 2.24) is 9.78 Å². The van der Waals surface area contributed by atoms with Crippen molar-refractivity contribution in [3.8, 4) is 0 Å². The van der Waals surface area contributed by atoms with Crippen LogP contribution in [0.5, 0.6) is 0 Å². The molecule has 2 rings (SSSR count). The number of anilines is 1. The summed E-state index contributed by atoms with van der Waals surface area (Å²) in [5, 5.41) is 7.71. The third-order valence-corrected chi connectivity index (χ3v) is 3.48. The lowest BCUT2D eigenvalue weighted by Crippen LogP contribution is -2.05. The number of benzene rings is 1. The van der Waals surface area contributed by atoms with Crippen LogP contribution in [0.3, 0.4) is 0 Å². The molecule has 0 amide bonds. The maximum Gasteiger partial charge on any atom is 0.124 e. The van der Waals surface area contributed by atoms with Gasteiger partial charge in [0.05, 0.1) is 12.2 Å². The summed E-state index contributed by atoms with van der Waals surface area (Å²) in [6.07, 6.45) is 1.97.